The molecule has 0 fully saturated rings. The summed E-state index contributed by atoms with van der Waals surface area (Å²) >= 11 is 12.2. The zero-order valence-electron chi connectivity index (χ0n) is 21.9. The summed E-state index contributed by atoms with van der Waals surface area (Å²) in [6, 6.07) is 23.7. The number of aliphatic imine (C=N–C) groups is 1. The predicted molar refractivity (Wildman–Crippen MR) is 168 cm³/mol. The summed E-state index contributed by atoms with van der Waals surface area (Å²) in [4.78, 5) is 24.7. The molecule has 1 aromatic heterocycles. The number of anilines is 2. The van der Waals surface area contributed by atoms with Gasteiger partial charge in [-0.2, -0.15) is 0 Å². The Balaban J connectivity index is 1.47. The monoisotopic (exact) mass is 583 g/mol. The fraction of sp³-hybridized carbons (Fsp3) is 0.0645. The second-order valence-electron chi connectivity index (χ2n) is 9.33. The van der Waals surface area contributed by atoms with Crippen LogP contribution in [0, 0.1) is 0 Å². The van der Waals surface area contributed by atoms with Crippen LogP contribution in [-0.4, -0.2) is 28.2 Å². The van der Waals surface area contributed by atoms with Crippen molar-refractivity contribution in [1.29, 1.82) is 0 Å². The van der Waals surface area contributed by atoms with Crippen LogP contribution in [0.4, 0.5) is 11.4 Å². The molecule has 1 aliphatic heterocycles. The number of pyridine rings is 1. The summed E-state index contributed by atoms with van der Waals surface area (Å²) in [5.41, 5.74) is 10.4. The summed E-state index contributed by atoms with van der Waals surface area (Å²) in [6.07, 6.45) is 6.91. The van der Waals surface area contributed by atoms with E-state index in [1.807, 2.05) is 60.7 Å². The van der Waals surface area contributed by atoms with Crippen LogP contribution in [0.1, 0.15) is 11.1 Å². The molecule has 1 aliphatic rings. The lowest BCUT2D eigenvalue weighted by Gasteiger charge is -2.32. The van der Waals surface area contributed by atoms with Crippen LogP contribution in [0.2, 0.25) is 5.02 Å². The average molecular weight is 585 g/mol. The fourth-order valence-corrected chi connectivity index (χ4v) is 4.90. The van der Waals surface area contributed by atoms with Crippen LogP contribution in [0.3, 0.4) is 0 Å². The maximum Gasteiger partial charge on any atom is 0.247 e. The number of fused-ring (bicyclic) bond motifs is 1. The van der Waals surface area contributed by atoms with Gasteiger partial charge in [-0.15, -0.1) is 0 Å². The highest BCUT2D eigenvalue weighted by atomic mass is 35.5. The van der Waals surface area contributed by atoms with Gasteiger partial charge in [0.25, 0.3) is 0 Å². The van der Waals surface area contributed by atoms with E-state index in [1.165, 1.54) is 11.2 Å². The highest BCUT2D eigenvalue weighted by Gasteiger charge is 2.29. The van der Waals surface area contributed by atoms with Gasteiger partial charge in [0.2, 0.25) is 5.91 Å². The number of benzene rings is 3. The van der Waals surface area contributed by atoms with Crippen molar-refractivity contribution in [2.45, 2.75) is 12.5 Å². The Kier molecular flexibility index (Phi) is 8.35. The molecule has 8 nitrogen and oxygen atoms in total. The Bertz CT molecular complexity index is 1690. The minimum Gasteiger partial charge on any atom is -0.388 e. The molecule has 41 heavy (non-hydrogen) atoms. The number of allylic oxidation sites excluding steroid dienone is 1. The lowest BCUT2D eigenvalue weighted by atomic mass is 10.0. The lowest BCUT2D eigenvalue weighted by Crippen LogP contribution is -2.44. The van der Waals surface area contributed by atoms with Crippen LogP contribution in [0.15, 0.2) is 120 Å². The topological polar surface area (TPSA) is 113 Å². The van der Waals surface area contributed by atoms with E-state index in [4.69, 9.17) is 34.8 Å². The van der Waals surface area contributed by atoms with E-state index >= 15 is 0 Å². The van der Waals surface area contributed by atoms with Crippen LogP contribution in [-0.2, 0) is 11.2 Å². The van der Waals surface area contributed by atoms with Crippen molar-refractivity contribution in [3.8, 4) is 0 Å². The van der Waals surface area contributed by atoms with E-state index in [2.05, 4.69) is 21.9 Å². The molecule has 0 saturated heterocycles. The molecule has 2 heterocycles. The number of aromatic nitrogens is 1. The number of amides is 1. The van der Waals surface area contributed by atoms with Crippen LogP contribution in [0.5, 0.6) is 0 Å². The van der Waals surface area contributed by atoms with Gasteiger partial charge in [0, 0.05) is 34.3 Å². The smallest absolute Gasteiger partial charge is 0.247 e. The molecule has 206 valence electrons. The Labute approximate surface area is 247 Å². The third-order valence-corrected chi connectivity index (χ3v) is 6.88. The van der Waals surface area contributed by atoms with Crippen LogP contribution >= 0.6 is 23.2 Å². The Morgan fingerprint density at radius 1 is 1.10 bits per heavy atom. The maximum atomic E-state index is 13.9. The first kappa shape index (κ1) is 27.9. The first-order chi connectivity index (χ1) is 19.8. The molecule has 3 aromatic carbocycles. The van der Waals surface area contributed by atoms with Gasteiger partial charge in [0.05, 0.1) is 35.1 Å². The van der Waals surface area contributed by atoms with Gasteiger partial charge in [-0.05, 0) is 54.1 Å². The minimum atomic E-state index is -0.651. The molecule has 10 heteroatoms. The van der Waals surface area contributed by atoms with Crippen molar-refractivity contribution in [1.82, 2.24) is 9.88 Å². The van der Waals surface area contributed by atoms with E-state index in [1.54, 1.807) is 41.7 Å². The molecule has 5 N–H and O–H groups in total. The molecule has 5 rings (SSSR count). The Morgan fingerprint density at radius 3 is 2.66 bits per heavy atom. The normalized spacial score (nSPS) is 14.1. The third-order valence-electron chi connectivity index (χ3n) is 6.55. The number of carbonyl (C=O) groups is 1. The zero-order valence-corrected chi connectivity index (χ0v) is 23.4. The van der Waals surface area contributed by atoms with Crippen molar-refractivity contribution < 1.29 is 4.79 Å². The lowest BCUT2D eigenvalue weighted by molar-refractivity contribution is -0.119. The molecule has 1 unspecified atom stereocenters. The first-order valence-electron chi connectivity index (χ1n) is 12.7. The second kappa shape index (κ2) is 12.3. The number of carbonyl (C=O) groups excluding carboxylic acids is 1. The number of nitrogens with one attached hydrogen (secondary N) is 1. The summed E-state index contributed by atoms with van der Waals surface area (Å²) in [5, 5.41) is 5.76. The van der Waals surface area contributed by atoms with Crippen molar-refractivity contribution in [2.75, 3.05) is 10.3 Å². The van der Waals surface area contributed by atoms with Gasteiger partial charge in [-0.1, -0.05) is 66.2 Å². The Hall–Kier alpha value is -4.63. The van der Waals surface area contributed by atoms with E-state index in [9.17, 15) is 4.79 Å². The number of hydrogen-bond donors (Lipinski definition) is 3. The molecular formula is C31H27Cl2N7O. The largest absolute Gasteiger partial charge is 0.388 e. The number of hydrazine groups is 1. The Morgan fingerprint density at radius 2 is 1.90 bits per heavy atom. The maximum absolute atomic E-state index is 13.9. The minimum absolute atomic E-state index is 0.0156. The van der Waals surface area contributed by atoms with E-state index < -0.39 is 6.04 Å². The first-order valence-corrected chi connectivity index (χ1v) is 13.4. The van der Waals surface area contributed by atoms with Crippen molar-refractivity contribution >= 4 is 63.4 Å². The summed E-state index contributed by atoms with van der Waals surface area (Å²) in [6.45, 7) is 4.26. The molecule has 4 aromatic rings. The molecule has 1 atom stereocenters. The van der Waals surface area contributed by atoms with Crippen LogP contribution in [0.25, 0.3) is 16.6 Å². The molecule has 1 amide bonds. The highest BCUT2D eigenvalue weighted by Crippen LogP contribution is 2.33. The second-order valence-corrected chi connectivity index (χ2v) is 10.2. The van der Waals surface area contributed by atoms with Gasteiger partial charge in [-0.3, -0.25) is 14.8 Å². The van der Waals surface area contributed by atoms with Gasteiger partial charge in [0.1, 0.15) is 11.2 Å². The van der Waals surface area contributed by atoms with Gasteiger partial charge < -0.3 is 16.0 Å². The van der Waals surface area contributed by atoms with Gasteiger partial charge in [-0.25, -0.2) is 10.8 Å². The SMILES string of the molecule is C=C1C=C(c2cc(Cl)ccc2N(N)/C=C(\N)Cl)N=CN1C(Cc1ccccc1)C(=O)Nc1cccc2ncccc12. The number of halogens is 2. The quantitative estimate of drug-likeness (QED) is 0.133. The zero-order chi connectivity index (χ0) is 28.9. The summed E-state index contributed by atoms with van der Waals surface area (Å²) in [7, 11) is 0. The standard InChI is InChI=1S/C31H27Cl2N7O/c1-20-15-27(24-17-22(32)12-13-28(24)40(35)18-30(33)34)37-19-39(20)29(16-21-7-3-2-4-8-21)31(41)38-26-11-5-10-25-23(26)9-6-14-36-25/h2-15,17-19,29H,1,16,34-35H2,(H,38,41)/b30-18-. The molecule has 0 bridgehead atoms. The molecule has 0 saturated carbocycles. The third kappa shape index (κ3) is 6.41. The molecule has 0 aliphatic carbocycles. The number of nitrogens with zero attached hydrogens (tertiary/aromatic N) is 4. The average Bonchev–Trinajstić information content (AvgIpc) is 2.96. The summed E-state index contributed by atoms with van der Waals surface area (Å²) < 4.78 is 0. The number of nitrogens with two attached hydrogens (primary N) is 2. The molecular weight excluding hydrogens is 557 g/mol. The number of rotatable bonds is 8. The van der Waals surface area contributed by atoms with Gasteiger partial charge in [0.15, 0.2) is 0 Å². The fourth-order valence-electron chi connectivity index (χ4n) is 4.62. The molecule has 0 radical (unpaired) electrons. The van der Waals surface area contributed by atoms with Crippen molar-refractivity contribution in [3.05, 3.63) is 131 Å². The predicted octanol–water partition coefficient (Wildman–Crippen LogP) is 6.01. The van der Waals surface area contributed by atoms with E-state index in [0.717, 1.165) is 16.5 Å². The van der Waals surface area contributed by atoms with E-state index in [0.29, 0.717) is 39.8 Å². The molecule has 0 spiro atoms. The van der Waals surface area contributed by atoms with Crippen LogP contribution < -0.4 is 21.9 Å². The van der Waals surface area contributed by atoms with Gasteiger partial charge >= 0.3 is 0 Å². The number of hydrogen-bond acceptors (Lipinski definition) is 7. The van der Waals surface area contributed by atoms with Crippen molar-refractivity contribution in [2.24, 2.45) is 16.6 Å². The van der Waals surface area contributed by atoms with E-state index in [-0.39, 0.29) is 11.1 Å². The summed E-state index contributed by atoms with van der Waals surface area (Å²) in [5.74, 6) is 5.97. The highest BCUT2D eigenvalue weighted by molar-refractivity contribution is 6.31. The van der Waals surface area contributed by atoms with Crippen molar-refractivity contribution in [3.63, 3.8) is 0 Å².